The summed E-state index contributed by atoms with van der Waals surface area (Å²) < 4.78 is 1.79. The number of nitrogens with one attached hydrogen (secondary N) is 1. The molecule has 0 fully saturated rings. The van der Waals surface area contributed by atoms with E-state index < -0.39 is 11.7 Å². The van der Waals surface area contributed by atoms with Crippen LogP contribution in [-0.4, -0.2) is 48.3 Å². The van der Waals surface area contributed by atoms with Crippen molar-refractivity contribution in [1.29, 1.82) is 0 Å². The normalized spacial score (nSPS) is 11.0. The number of carbonyl (C=O) groups excluding carboxylic acids is 2. The van der Waals surface area contributed by atoms with E-state index in [1.54, 1.807) is 4.40 Å². The lowest BCUT2D eigenvalue weighted by molar-refractivity contribution is -0.112. The summed E-state index contributed by atoms with van der Waals surface area (Å²) in [6, 6.07) is 27.3. The monoisotopic (exact) mass is 545 g/mol. The first-order valence-corrected chi connectivity index (χ1v) is 13.7. The maximum atomic E-state index is 13.5. The third kappa shape index (κ3) is 6.14. The smallest absolute Gasteiger partial charge is 0.298 e. The molecule has 41 heavy (non-hydrogen) atoms. The van der Waals surface area contributed by atoms with Crippen LogP contribution in [0.4, 0.5) is 17.2 Å². The molecule has 208 valence electrons. The van der Waals surface area contributed by atoms with Crippen molar-refractivity contribution in [3.63, 3.8) is 0 Å². The zero-order valence-corrected chi connectivity index (χ0v) is 24.2. The van der Waals surface area contributed by atoms with Crippen molar-refractivity contribution in [2.75, 3.05) is 42.3 Å². The number of likely N-dealkylation sites (N-methyl/N-ethyl adjacent to an activating group) is 2. The SMILES string of the molecule is Cc1cc(C)nc(N(C)CCN(C)c2ccc(NC(=O)C(=O)c3c(-c4ccccc4)cc4cc(C)ccn34)cc2)c1. The first kappa shape index (κ1) is 27.6. The number of anilines is 3. The number of ketones is 1. The average Bonchev–Trinajstić information content (AvgIpc) is 3.34. The predicted molar refractivity (Wildman–Crippen MR) is 167 cm³/mol. The van der Waals surface area contributed by atoms with Gasteiger partial charge >= 0.3 is 0 Å². The van der Waals surface area contributed by atoms with Crippen molar-refractivity contribution >= 4 is 34.4 Å². The Kier molecular flexibility index (Phi) is 7.88. The number of rotatable bonds is 9. The van der Waals surface area contributed by atoms with Gasteiger partial charge in [0.2, 0.25) is 0 Å². The second-order valence-electron chi connectivity index (χ2n) is 10.6. The Morgan fingerprint density at radius 1 is 0.805 bits per heavy atom. The predicted octanol–water partition coefficient (Wildman–Crippen LogP) is 6.32. The van der Waals surface area contributed by atoms with Crippen LogP contribution >= 0.6 is 0 Å². The third-order valence-electron chi connectivity index (χ3n) is 7.25. The van der Waals surface area contributed by atoms with Crippen LogP contribution in [0.5, 0.6) is 0 Å². The summed E-state index contributed by atoms with van der Waals surface area (Å²) in [5.74, 6) is -0.302. The summed E-state index contributed by atoms with van der Waals surface area (Å²) in [6.07, 6.45) is 1.84. The minimum Gasteiger partial charge on any atom is -0.373 e. The highest BCUT2D eigenvalue weighted by Gasteiger charge is 2.25. The molecule has 7 nitrogen and oxygen atoms in total. The van der Waals surface area contributed by atoms with E-state index in [1.807, 2.05) is 107 Å². The number of carbonyl (C=O) groups is 2. The van der Waals surface area contributed by atoms with Crippen molar-refractivity contribution < 1.29 is 9.59 Å². The van der Waals surface area contributed by atoms with Gasteiger partial charge in [0, 0.05) is 61.5 Å². The molecule has 0 atom stereocenters. The molecular weight excluding hydrogens is 510 g/mol. The van der Waals surface area contributed by atoms with Gasteiger partial charge in [-0.05, 0) is 92.1 Å². The number of hydrogen-bond donors (Lipinski definition) is 1. The number of pyridine rings is 2. The molecule has 7 heteroatoms. The molecule has 0 aliphatic rings. The Morgan fingerprint density at radius 2 is 1.51 bits per heavy atom. The number of nitrogens with zero attached hydrogens (tertiary/aromatic N) is 4. The number of aryl methyl sites for hydroxylation is 3. The largest absolute Gasteiger partial charge is 0.373 e. The quantitative estimate of drug-likeness (QED) is 0.173. The first-order valence-electron chi connectivity index (χ1n) is 13.7. The fourth-order valence-electron chi connectivity index (χ4n) is 5.01. The van der Waals surface area contributed by atoms with Crippen molar-refractivity contribution in [3.8, 4) is 11.1 Å². The van der Waals surface area contributed by atoms with Crippen molar-refractivity contribution in [2.24, 2.45) is 0 Å². The van der Waals surface area contributed by atoms with Gasteiger partial charge in [-0.25, -0.2) is 4.98 Å². The summed E-state index contributed by atoms with van der Waals surface area (Å²) in [5.41, 5.74) is 7.69. The second-order valence-corrected chi connectivity index (χ2v) is 10.6. The van der Waals surface area contributed by atoms with Crippen LogP contribution in [0.2, 0.25) is 0 Å². The molecule has 5 aromatic rings. The first-order chi connectivity index (χ1) is 19.7. The molecule has 0 saturated heterocycles. The standard InChI is InChI=1S/C34H35N5O2/c1-23-15-16-39-29(20-23)22-30(26-9-7-6-8-10-26)32(39)33(40)34(41)36-27-11-13-28(14-12-27)37(4)17-18-38(5)31-21-24(2)19-25(3)35-31/h6-16,19-22H,17-18H2,1-5H3,(H,36,41). The van der Waals surface area contributed by atoms with Crippen LogP contribution < -0.4 is 15.1 Å². The maximum Gasteiger partial charge on any atom is 0.298 e. The Balaban J connectivity index is 1.28. The van der Waals surface area contributed by atoms with Gasteiger partial charge in [-0.1, -0.05) is 30.3 Å². The van der Waals surface area contributed by atoms with Crippen LogP contribution in [0.3, 0.4) is 0 Å². The molecule has 0 radical (unpaired) electrons. The minimum absolute atomic E-state index is 0.350. The summed E-state index contributed by atoms with van der Waals surface area (Å²) in [4.78, 5) is 35.7. The van der Waals surface area contributed by atoms with Crippen molar-refractivity contribution in [3.05, 3.63) is 114 Å². The van der Waals surface area contributed by atoms with E-state index in [0.717, 1.165) is 52.5 Å². The molecule has 1 N–H and O–H groups in total. The molecular formula is C34H35N5O2. The van der Waals surface area contributed by atoms with E-state index in [-0.39, 0.29) is 0 Å². The molecule has 0 saturated carbocycles. The van der Waals surface area contributed by atoms with Gasteiger partial charge in [0.05, 0.1) is 0 Å². The Labute approximate surface area is 241 Å². The van der Waals surface area contributed by atoms with Crippen LogP contribution in [0.1, 0.15) is 27.3 Å². The number of fused-ring (bicyclic) bond motifs is 1. The lowest BCUT2D eigenvalue weighted by Gasteiger charge is -2.25. The van der Waals surface area contributed by atoms with Crippen LogP contribution in [0.25, 0.3) is 16.6 Å². The third-order valence-corrected chi connectivity index (χ3v) is 7.25. The highest BCUT2D eigenvalue weighted by Crippen LogP contribution is 2.29. The zero-order valence-electron chi connectivity index (χ0n) is 24.2. The number of benzene rings is 2. The topological polar surface area (TPSA) is 70.0 Å². The van der Waals surface area contributed by atoms with Gasteiger partial charge in [-0.15, -0.1) is 0 Å². The number of Topliss-reactive ketones (excluding diaryl/α,β-unsaturated/α-hetero) is 1. The summed E-state index contributed by atoms with van der Waals surface area (Å²) in [7, 11) is 4.08. The molecule has 0 spiro atoms. The summed E-state index contributed by atoms with van der Waals surface area (Å²) in [5, 5.41) is 2.80. The molecule has 5 rings (SSSR count). The fraction of sp³-hybridized carbons (Fsp3) is 0.206. The average molecular weight is 546 g/mol. The molecule has 1 amide bonds. The van der Waals surface area contributed by atoms with E-state index in [9.17, 15) is 9.59 Å². The molecule has 0 unspecified atom stereocenters. The van der Waals surface area contributed by atoms with Gasteiger partial charge in [-0.3, -0.25) is 9.59 Å². The Hall–Kier alpha value is -4.91. The number of hydrogen-bond acceptors (Lipinski definition) is 5. The van der Waals surface area contributed by atoms with Gasteiger partial charge in [0.1, 0.15) is 11.5 Å². The van der Waals surface area contributed by atoms with Crippen molar-refractivity contribution in [1.82, 2.24) is 9.38 Å². The molecule has 0 aliphatic carbocycles. The Bertz CT molecular complexity index is 1690. The Morgan fingerprint density at radius 3 is 2.22 bits per heavy atom. The number of aromatic nitrogens is 2. The molecule has 3 aromatic heterocycles. The van der Waals surface area contributed by atoms with E-state index in [1.165, 1.54) is 5.56 Å². The van der Waals surface area contributed by atoms with Gasteiger partial charge < -0.3 is 19.5 Å². The van der Waals surface area contributed by atoms with E-state index in [0.29, 0.717) is 11.4 Å². The lowest BCUT2D eigenvalue weighted by atomic mass is 10.0. The number of amides is 1. The van der Waals surface area contributed by atoms with E-state index >= 15 is 0 Å². The van der Waals surface area contributed by atoms with Crippen LogP contribution in [0, 0.1) is 20.8 Å². The van der Waals surface area contributed by atoms with Crippen LogP contribution in [-0.2, 0) is 4.79 Å². The lowest BCUT2D eigenvalue weighted by Crippen LogP contribution is -2.31. The van der Waals surface area contributed by atoms with Crippen LogP contribution in [0.15, 0.2) is 91.1 Å². The molecule has 3 heterocycles. The molecule has 0 aliphatic heterocycles. The maximum absolute atomic E-state index is 13.5. The summed E-state index contributed by atoms with van der Waals surface area (Å²) >= 11 is 0. The van der Waals surface area contributed by atoms with E-state index in [2.05, 4.69) is 39.2 Å². The minimum atomic E-state index is -0.675. The van der Waals surface area contributed by atoms with Crippen molar-refractivity contribution in [2.45, 2.75) is 20.8 Å². The van der Waals surface area contributed by atoms with E-state index in [4.69, 9.17) is 0 Å². The highest BCUT2D eigenvalue weighted by atomic mass is 16.2. The molecule has 2 aromatic carbocycles. The summed E-state index contributed by atoms with van der Waals surface area (Å²) in [6.45, 7) is 7.68. The second kappa shape index (κ2) is 11.7. The van der Waals surface area contributed by atoms with Gasteiger partial charge in [-0.2, -0.15) is 0 Å². The van der Waals surface area contributed by atoms with Gasteiger partial charge in [0.25, 0.3) is 11.7 Å². The fourth-order valence-corrected chi connectivity index (χ4v) is 5.01. The molecule has 0 bridgehead atoms. The highest BCUT2D eigenvalue weighted by molar-refractivity contribution is 6.47. The zero-order chi connectivity index (χ0) is 29.1. The van der Waals surface area contributed by atoms with Gasteiger partial charge in [0.15, 0.2) is 0 Å².